The second-order valence-electron chi connectivity index (χ2n) is 7.79. The van der Waals surface area contributed by atoms with Crippen LogP contribution in [0.15, 0.2) is 114 Å². The monoisotopic (exact) mass is 488 g/mol. The van der Waals surface area contributed by atoms with Gasteiger partial charge in [-0.2, -0.15) is 0 Å². The van der Waals surface area contributed by atoms with Crippen molar-refractivity contribution >= 4 is 43.9 Å². The smallest absolute Gasteiger partial charge is 0.0847 e. The highest BCUT2D eigenvalue weighted by Gasteiger charge is 2.11. The maximum Gasteiger partial charge on any atom is 0.0847 e. The number of hydrogen-bond donors (Lipinski definition) is 0. The molecule has 4 aromatic carbocycles. The Balaban J connectivity index is 1.46. The van der Waals surface area contributed by atoms with Crippen molar-refractivity contribution < 1.29 is 0 Å². The van der Waals surface area contributed by atoms with Crippen molar-refractivity contribution in [3.8, 4) is 11.8 Å². The van der Waals surface area contributed by atoms with E-state index in [0.717, 1.165) is 49.3 Å². The zero-order chi connectivity index (χ0) is 22.6. The number of halogens is 1. The molecule has 0 atom stereocenters. The summed E-state index contributed by atoms with van der Waals surface area (Å²) in [6, 6.07) is 37.4. The summed E-state index contributed by atoms with van der Waals surface area (Å²) < 4.78 is 0.963. The first-order valence-electron chi connectivity index (χ1n) is 10.8. The van der Waals surface area contributed by atoms with Crippen LogP contribution in [0.4, 0.5) is 17.1 Å². The van der Waals surface area contributed by atoms with Gasteiger partial charge in [-0.25, -0.2) is 0 Å². The number of aryl methyl sites for hydroxylation is 1. The average molecular weight is 489 g/mol. The first-order valence-corrected chi connectivity index (χ1v) is 11.6. The van der Waals surface area contributed by atoms with Crippen LogP contribution >= 0.6 is 15.9 Å². The lowest BCUT2D eigenvalue weighted by Gasteiger charge is -2.25. The van der Waals surface area contributed by atoms with E-state index in [1.807, 2.05) is 31.2 Å². The molecule has 1 heterocycles. The van der Waals surface area contributed by atoms with Gasteiger partial charge in [0.15, 0.2) is 0 Å². The van der Waals surface area contributed by atoms with Gasteiger partial charge in [0, 0.05) is 43.7 Å². The van der Waals surface area contributed by atoms with Crippen LogP contribution in [0.3, 0.4) is 0 Å². The first kappa shape index (κ1) is 21.0. The van der Waals surface area contributed by atoms with Crippen LogP contribution in [0.5, 0.6) is 0 Å². The number of rotatable bonds is 3. The Labute approximate surface area is 202 Å². The van der Waals surface area contributed by atoms with Crippen molar-refractivity contribution in [1.29, 1.82) is 0 Å². The first-order chi connectivity index (χ1) is 16.2. The maximum atomic E-state index is 4.61. The molecule has 0 aliphatic carbocycles. The van der Waals surface area contributed by atoms with E-state index in [-0.39, 0.29) is 0 Å². The molecule has 3 heteroatoms. The van der Waals surface area contributed by atoms with Gasteiger partial charge in [-0.1, -0.05) is 54.3 Å². The highest BCUT2D eigenvalue weighted by atomic mass is 79.9. The summed E-state index contributed by atoms with van der Waals surface area (Å²) in [5, 5.41) is 1.08. The summed E-state index contributed by atoms with van der Waals surface area (Å²) in [5.74, 6) is 6.60. The van der Waals surface area contributed by atoms with Crippen LogP contribution in [-0.2, 0) is 0 Å². The highest BCUT2D eigenvalue weighted by molar-refractivity contribution is 9.10. The molecule has 0 N–H and O–H groups in total. The molecular weight excluding hydrogens is 468 g/mol. The minimum absolute atomic E-state index is 0.958. The predicted octanol–water partition coefficient (Wildman–Crippen LogP) is 8.18. The van der Waals surface area contributed by atoms with E-state index < -0.39 is 0 Å². The number of aromatic nitrogens is 1. The Morgan fingerprint density at radius 3 is 1.85 bits per heavy atom. The fourth-order valence-corrected chi connectivity index (χ4v) is 4.37. The third-order valence-electron chi connectivity index (χ3n) is 5.39. The molecule has 0 saturated carbocycles. The van der Waals surface area contributed by atoms with Gasteiger partial charge in [-0.3, -0.25) is 4.98 Å². The summed E-state index contributed by atoms with van der Waals surface area (Å²) in [5.41, 5.74) is 7.22. The molecule has 0 fully saturated rings. The molecule has 0 bridgehead atoms. The van der Waals surface area contributed by atoms with Crippen LogP contribution in [0.1, 0.15) is 16.8 Å². The lowest BCUT2D eigenvalue weighted by molar-refractivity contribution is 1.25. The molecule has 1 aromatic heterocycles. The van der Waals surface area contributed by atoms with Gasteiger partial charge < -0.3 is 4.90 Å². The predicted molar refractivity (Wildman–Crippen MR) is 141 cm³/mol. The SMILES string of the molecule is Cc1ccc2cc(C#Cc3ccc(N(c4ccccc4)c4ccccc4)cc3)cc(Br)c2n1. The Kier molecular flexibility index (Phi) is 5.93. The molecule has 5 rings (SSSR count). The summed E-state index contributed by atoms with van der Waals surface area (Å²) in [4.78, 5) is 6.85. The molecule has 2 nitrogen and oxygen atoms in total. The Bertz CT molecular complexity index is 1430. The van der Waals surface area contributed by atoms with Crippen molar-refractivity contribution in [1.82, 2.24) is 4.98 Å². The third-order valence-corrected chi connectivity index (χ3v) is 6.00. The van der Waals surface area contributed by atoms with Gasteiger partial charge in [-0.15, -0.1) is 0 Å². The van der Waals surface area contributed by atoms with Gasteiger partial charge in [0.2, 0.25) is 0 Å². The Hall–Kier alpha value is -3.87. The molecule has 0 aliphatic rings. The lowest BCUT2D eigenvalue weighted by atomic mass is 10.1. The largest absolute Gasteiger partial charge is 0.311 e. The topological polar surface area (TPSA) is 16.1 Å². The Morgan fingerprint density at radius 1 is 0.636 bits per heavy atom. The third kappa shape index (κ3) is 4.67. The minimum atomic E-state index is 0.958. The summed E-state index contributed by atoms with van der Waals surface area (Å²) in [7, 11) is 0. The van der Waals surface area contributed by atoms with Crippen molar-refractivity contribution in [3.05, 3.63) is 130 Å². The van der Waals surface area contributed by atoms with Crippen LogP contribution in [0.2, 0.25) is 0 Å². The number of pyridine rings is 1. The van der Waals surface area contributed by atoms with Crippen LogP contribution in [0.25, 0.3) is 10.9 Å². The van der Waals surface area contributed by atoms with Crippen LogP contribution in [-0.4, -0.2) is 4.98 Å². The minimum Gasteiger partial charge on any atom is -0.311 e. The normalized spacial score (nSPS) is 10.5. The molecule has 0 radical (unpaired) electrons. The number of nitrogens with zero attached hydrogens (tertiary/aromatic N) is 2. The lowest BCUT2D eigenvalue weighted by Crippen LogP contribution is -2.09. The van der Waals surface area contributed by atoms with Gasteiger partial charge >= 0.3 is 0 Å². The zero-order valence-corrected chi connectivity index (χ0v) is 19.8. The fourth-order valence-electron chi connectivity index (χ4n) is 3.80. The second kappa shape index (κ2) is 9.32. The number of benzene rings is 4. The van der Waals surface area contributed by atoms with E-state index in [1.54, 1.807) is 0 Å². The highest BCUT2D eigenvalue weighted by Crippen LogP contribution is 2.34. The molecule has 0 aliphatic heterocycles. The quantitative estimate of drug-likeness (QED) is 0.238. The van der Waals surface area contributed by atoms with E-state index in [1.165, 1.54) is 0 Å². The van der Waals surface area contributed by atoms with E-state index >= 15 is 0 Å². The average Bonchev–Trinajstić information content (AvgIpc) is 2.85. The van der Waals surface area contributed by atoms with Gasteiger partial charge in [0.05, 0.1) is 5.52 Å². The zero-order valence-electron chi connectivity index (χ0n) is 18.2. The fraction of sp³-hybridized carbons (Fsp3) is 0.0333. The Morgan fingerprint density at radius 2 is 1.21 bits per heavy atom. The van der Waals surface area contributed by atoms with Crippen LogP contribution in [0, 0.1) is 18.8 Å². The van der Waals surface area contributed by atoms with Crippen LogP contribution < -0.4 is 4.90 Å². The molecule has 5 aromatic rings. The molecule has 0 spiro atoms. The number of anilines is 3. The van der Waals surface area contributed by atoms with E-state index in [0.29, 0.717) is 0 Å². The summed E-state index contributed by atoms with van der Waals surface area (Å²) in [6.07, 6.45) is 0. The molecule has 33 heavy (non-hydrogen) atoms. The van der Waals surface area contributed by atoms with Crippen molar-refractivity contribution in [2.75, 3.05) is 4.90 Å². The van der Waals surface area contributed by atoms with E-state index in [2.05, 4.69) is 123 Å². The van der Waals surface area contributed by atoms with Crippen molar-refractivity contribution in [2.45, 2.75) is 6.92 Å². The maximum absolute atomic E-state index is 4.61. The number of hydrogen-bond acceptors (Lipinski definition) is 2. The second-order valence-corrected chi connectivity index (χ2v) is 8.64. The van der Waals surface area contributed by atoms with Gasteiger partial charge in [-0.05, 0) is 89.6 Å². The summed E-state index contributed by atoms with van der Waals surface area (Å²) >= 11 is 3.64. The van der Waals surface area contributed by atoms with Gasteiger partial charge in [0.1, 0.15) is 0 Å². The molecule has 158 valence electrons. The van der Waals surface area contributed by atoms with E-state index in [9.17, 15) is 0 Å². The number of para-hydroxylation sites is 2. The van der Waals surface area contributed by atoms with E-state index in [4.69, 9.17) is 0 Å². The standard InChI is InChI=1S/C30H21BrN2/c1-22-12-17-25-20-24(21-29(31)30(25)32-22)14-13-23-15-18-28(19-16-23)33(26-8-4-2-5-9-26)27-10-6-3-7-11-27/h2-12,15-21H,1H3. The summed E-state index contributed by atoms with van der Waals surface area (Å²) in [6.45, 7) is 2.00. The molecular formula is C30H21BrN2. The molecule has 0 amide bonds. The van der Waals surface area contributed by atoms with Crippen molar-refractivity contribution in [2.24, 2.45) is 0 Å². The molecule has 0 unspecified atom stereocenters. The van der Waals surface area contributed by atoms with Crippen molar-refractivity contribution in [3.63, 3.8) is 0 Å². The molecule has 0 saturated heterocycles. The number of fused-ring (bicyclic) bond motifs is 1. The van der Waals surface area contributed by atoms with Gasteiger partial charge in [0.25, 0.3) is 0 Å².